The molecule has 1 rings (SSSR count). The van der Waals surface area contributed by atoms with E-state index in [0.717, 1.165) is 38.0 Å². The molecule has 1 aromatic rings. The first-order chi connectivity index (χ1) is 9.76. The van der Waals surface area contributed by atoms with E-state index in [-0.39, 0.29) is 12.6 Å². The molecular formula is C17H29NO2. The Morgan fingerprint density at radius 3 is 2.50 bits per heavy atom. The van der Waals surface area contributed by atoms with E-state index < -0.39 is 0 Å². The highest BCUT2D eigenvalue weighted by Gasteiger charge is 2.01. The van der Waals surface area contributed by atoms with Crippen molar-refractivity contribution in [2.24, 2.45) is 5.73 Å². The third-order valence-electron chi connectivity index (χ3n) is 3.46. The first kappa shape index (κ1) is 17.0. The van der Waals surface area contributed by atoms with Gasteiger partial charge in [-0.15, -0.1) is 0 Å². The highest BCUT2D eigenvalue weighted by Crippen LogP contribution is 2.15. The van der Waals surface area contributed by atoms with E-state index in [4.69, 9.17) is 15.6 Å². The molecule has 0 aliphatic carbocycles. The van der Waals surface area contributed by atoms with Gasteiger partial charge in [0.25, 0.3) is 0 Å². The van der Waals surface area contributed by atoms with Crippen molar-refractivity contribution in [3.8, 4) is 5.75 Å². The average Bonchev–Trinajstić information content (AvgIpc) is 2.48. The van der Waals surface area contributed by atoms with Gasteiger partial charge in [-0.05, 0) is 43.4 Å². The van der Waals surface area contributed by atoms with Crippen molar-refractivity contribution in [3.63, 3.8) is 0 Å². The largest absolute Gasteiger partial charge is 0.494 e. The molecule has 0 amide bonds. The highest BCUT2D eigenvalue weighted by molar-refractivity contribution is 5.27. The van der Waals surface area contributed by atoms with Gasteiger partial charge in [0.05, 0.1) is 13.2 Å². The van der Waals surface area contributed by atoms with Crippen molar-refractivity contribution >= 4 is 0 Å². The zero-order valence-electron chi connectivity index (χ0n) is 12.7. The Labute approximate surface area is 123 Å². The van der Waals surface area contributed by atoms with E-state index in [1.807, 2.05) is 12.1 Å². The fourth-order valence-electron chi connectivity index (χ4n) is 2.13. The van der Waals surface area contributed by atoms with E-state index in [0.29, 0.717) is 0 Å². The fraction of sp³-hybridized carbons (Fsp3) is 0.647. The van der Waals surface area contributed by atoms with E-state index >= 15 is 0 Å². The molecule has 0 heterocycles. The first-order valence-electron chi connectivity index (χ1n) is 7.84. The predicted molar refractivity (Wildman–Crippen MR) is 84.1 cm³/mol. The van der Waals surface area contributed by atoms with E-state index in [9.17, 15) is 0 Å². The maximum atomic E-state index is 8.86. The van der Waals surface area contributed by atoms with Gasteiger partial charge < -0.3 is 15.6 Å². The quantitative estimate of drug-likeness (QED) is 0.611. The number of nitrogens with two attached hydrogens (primary N) is 1. The molecule has 0 aromatic heterocycles. The standard InChI is InChI=1S/C17H29NO2/c1-2-3-4-5-13-20-17-11-9-15(10-12-17)7-6-8-16(18)14-19/h9-12,16,19H,2-8,13-14,18H2,1H3. The van der Waals surface area contributed by atoms with Crippen molar-refractivity contribution in [3.05, 3.63) is 29.8 Å². The summed E-state index contributed by atoms with van der Waals surface area (Å²) in [7, 11) is 0. The molecule has 3 heteroatoms. The van der Waals surface area contributed by atoms with Crippen molar-refractivity contribution in [1.82, 2.24) is 0 Å². The Balaban J connectivity index is 2.19. The molecule has 0 aliphatic rings. The summed E-state index contributed by atoms with van der Waals surface area (Å²) in [5.41, 5.74) is 6.98. The minimum absolute atomic E-state index is 0.0742. The van der Waals surface area contributed by atoms with Gasteiger partial charge in [0, 0.05) is 6.04 Å². The molecule has 3 N–H and O–H groups in total. The number of unbranched alkanes of at least 4 members (excludes halogenated alkanes) is 3. The van der Waals surface area contributed by atoms with Crippen molar-refractivity contribution in [2.45, 2.75) is 57.9 Å². The third-order valence-corrected chi connectivity index (χ3v) is 3.46. The summed E-state index contributed by atoms with van der Waals surface area (Å²) in [5.74, 6) is 0.956. The summed E-state index contributed by atoms with van der Waals surface area (Å²) in [4.78, 5) is 0. The third kappa shape index (κ3) is 7.51. The van der Waals surface area contributed by atoms with Crippen LogP contribution in [0.2, 0.25) is 0 Å². The van der Waals surface area contributed by atoms with E-state index in [2.05, 4.69) is 19.1 Å². The zero-order valence-corrected chi connectivity index (χ0v) is 12.7. The van der Waals surface area contributed by atoms with Crippen LogP contribution in [0.1, 0.15) is 51.0 Å². The Kier molecular flexibility index (Phi) is 9.09. The van der Waals surface area contributed by atoms with Gasteiger partial charge in [-0.25, -0.2) is 0 Å². The van der Waals surface area contributed by atoms with Gasteiger partial charge in [0.2, 0.25) is 0 Å². The van der Waals surface area contributed by atoms with Gasteiger partial charge in [-0.2, -0.15) is 0 Å². The molecule has 0 radical (unpaired) electrons. The summed E-state index contributed by atoms with van der Waals surface area (Å²) >= 11 is 0. The fourth-order valence-corrected chi connectivity index (χ4v) is 2.13. The average molecular weight is 279 g/mol. The van der Waals surface area contributed by atoms with Gasteiger partial charge in [0.15, 0.2) is 0 Å². The van der Waals surface area contributed by atoms with Crippen molar-refractivity contribution in [1.29, 1.82) is 0 Å². The van der Waals surface area contributed by atoms with Crippen LogP contribution in [0.4, 0.5) is 0 Å². The second kappa shape index (κ2) is 10.7. The highest BCUT2D eigenvalue weighted by atomic mass is 16.5. The van der Waals surface area contributed by atoms with Crippen LogP contribution in [-0.2, 0) is 6.42 Å². The lowest BCUT2D eigenvalue weighted by atomic mass is 10.1. The second-order valence-corrected chi connectivity index (χ2v) is 5.39. The summed E-state index contributed by atoms with van der Waals surface area (Å²) in [6.45, 7) is 3.10. The summed E-state index contributed by atoms with van der Waals surface area (Å²) in [5, 5.41) is 8.86. The maximum Gasteiger partial charge on any atom is 0.119 e. The molecule has 0 bridgehead atoms. The lowest BCUT2D eigenvalue weighted by Crippen LogP contribution is -2.24. The normalized spacial score (nSPS) is 12.3. The summed E-state index contributed by atoms with van der Waals surface area (Å²) in [6, 6.07) is 8.24. The molecule has 20 heavy (non-hydrogen) atoms. The second-order valence-electron chi connectivity index (χ2n) is 5.39. The van der Waals surface area contributed by atoms with Gasteiger partial charge in [0.1, 0.15) is 5.75 Å². The number of benzene rings is 1. The Hall–Kier alpha value is -1.06. The van der Waals surface area contributed by atoms with Gasteiger partial charge in [-0.3, -0.25) is 0 Å². The van der Waals surface area contributed by atoms with Gasteiger partial charge in [-0.1, -0.05) is 38.3 Å². The zero-order chi connectivity index (χ0) is 14.6. The Morgan fingerprint density at radius 1 is 1.10 bits per heavy atom. The molecule has 0 saturated carbocycles. The number of rotatable bonds is 11. The van der Waals surface area contributed by atoms with Gasteiger partial charge >= 0.3 is 0 Å². The van der Waals surface area contributed by atoms with E-state index in [1.54, 1.807) is 0 Å². The SMILES string of the molecule is CCCCCCOc1ccc(CCCC(N)CO)cc1. The molecule has 0 saturated heterocycles. The lowest BCUT2D eigenvalue weighted by Gasteiger charge is -2.09. The first-order valence-corrected chi connectivity index (χ1v) is 7.84. The summed E-state index contributed by atoms with van der Waals surface area (Å²) in [6.07, 6.45) is 7.82. The summed E-state index contributed by atoms with van der Waals surface area (Å²) < 4.78 is 5.71. The van der Waals surface area contributed by atoms with Crippen LogP contribution >= 0.6 is 0 Å². The molecule has 3 nitrogen and oxygen atoms in total. The predicted octanol–water partition coefficient (Wildman–Crippen LogP) is 3.29. The molecule has 1 unspecified atom stereocenters. The minimum atomic E-state index is -0.0827. The maximum absolute atomic E-state index is 8.86. The number of hydrogen-bond acceptors (Lipinski definition) is 3. The smallest absolute Gasteiger partial charge is 0.119 e. The van der Waals surface area contributed by atoms with Crippen LogP contribution in [0.15, 0.2) is 24.3 Å². The molecule has 0 aliphatic heterocycles. The number of ether oxygens (including phenoxy) is 1. The molecule has 1 aromatic carbocycles. The molecule has 1 atom stereocenters. The lowest BCUT2D eigenvalue weighted by molar-refractivity contribution is 0.258. The van der Waals surface area contributed by atoms with E-state index in [1.165, 1.54) is 24.8 Å². The Bertz CT molecular complexity index is 337. The van der Waals surface area contributed by atoms with Crippen LogP contribution in [0.5, 0.6) is 5.75 Å². The van der Waals surface area contributed by atoms with Crippen molar-refractivity contribution < 1.29 is 9.84 Å². The molecule has 0 spiro atoms. The van der Waals surface area contributed by atoms with Crippen molar-refractivity contribution in [2.75, 3.05) is 13.2 Å². The number of aliphatic hydroxyl groups is 1. The molecule has 114 valence electrons. The van der Waals surface area contributed by atoms with Crippen LogP contribution in [0, 0.1) is 0 Å². The number of hydrogen-bond donors (Lipinski definition) is 2. The topological polar surface area (TPSA) is 55.5 Å². The Morgan fingerprint density at radius 2 is 1.85 bits per heavy atom. The van der Waals surface area contributed by atoms with Crippen LogP contribution in [0.25, 0.3) is 0 Å². The molecular weight excluding hydrogens is 250 g/mol. The number of aliphatic hydroxyl groups excluding tert-OH is 1. The minimum Gasteiger partial charge on any atom is -0.494 e. The van der Waals surface area contributed by atoms with Crippen LogP contribution < -0.4 is 10.5 Å². The molecule has 0 fully saturated rings. The van der Waals surface area contributed by atoms with Crippen LogP contribution in [0.3, 0.4) is 0 Å². The number of aryl methyl sites for hydroxylation is 1. The van der Waals surface area contributed by atoms with Crippen LogP contribution in [-0.4, -0.2) is 24.4 Å². The monoisotopic (exact) mass is 279 g/mol.